The molecular formula is C13H15BrN2O. The zero-order valence-electron chi connectivity index (χ0n) is 10.1. The third-order valence-corrected chi connectivity index (χ3v) is 3.16. The maximum absolute atomic E-state index is 5.83. The number of hydrogen-bond acceptors (Lipinski definition) is 2. The van der Waals surface area contributed by atoms with Crippen LogP contribution in [0.15, 0.2) is 34.9 Å². The molecule has 1 aromatic heterocycles. The standard InChI is InChI=1S/C13H15BrN2O/c1-9(2)16-10(3)8-15-13(16)17-12-7-5-4-6-11(12)14/h4-9H,1-3H3. The number of aryl methyl sites for hydroxylation is 1. The minimum absolute atomic E-state index is 0.329. The summed E-state index contributed by atoms with van der Waals surface area (Å²) in [5.41, 5.74) is 1.10. The number of aromatic nitrogens is 2. The molecule has 17 heavy (non-hydrogen) atoms. The number of benzene rings is 1. The molecule has 0 fully saturated rings. The Balaban J connectivity index is 2.34. The molecular weight excluding hydrogens is 280 g/mol. The molecule has 0 amide bonds. The number of imidazole rings is 1. The summed E-state index contributed by atoms with van der Waals surface area (Å²) in [5, 5.41) is 0. The largest absolute Gasteiger partial charge is 0.424 e. The summed E-state index contributed by atoms with van der Waals surface area (Å²) in [5.74, 6) is 0.778. The Morgan fingerprint density at radius 3 is 2.65 bits per heavy atom. The summed E-state index contributed by atoms with van der Waals surface area (Å²) in [4.78, 5) is 4.29. The van der Waals surface area contributed by atoms with Crippen molar-refractivity contribution in [2.24, 2.45) is 0 Å². The zero-order chi connectivity index (χ0) is 12.4. The normalized spacial score (nSPS) is 10.9. The highest BCUT2D eigenvalue weighted by molar-refractivity contribution is 9.10. The summed E-state index contributed by atoms with van der Waals surface area (Å²) >= 11 is 3.46. The van der Waals surface area contributed by atoms with Gasteiger partial charge in [0.2, 0.25) is 0 Å². The molecule has 0 unspecified atom stereocenters. The van der Waals surface area contributed by atoms with Crippen LogP contribution in [0.5, 0.6) is 11.8 Å². The molecule has 0 spiro atoms. The van der Waals surface area contributed by atoms with Gasteiger partial charge in [0.15, 0.2) is 0 Å². The first-order valence-electron chi connectivity index (χ1n) is 5.56. The van der Waals surface area contributed by atoms with Crippen molar-refractivity contribution in [1.82, 2.24) is 9.55 Å². The third kappa shape index (κ3) is 2.52. The van der Waals surface area contributed by atoms with E-state index in [1.54, 1.807) is 0 Å². The van der Waals surface area contributed by atoms with Crippen molar-refractivity contribution >= 4 is 15.9 Å². The topological polar surface area (TPSA) is 27.1 Å². The van der Waals surface area contributed by atoms with Crippen LogP contribution in [0.1, 0.15) is 25.6 Å². The Labute approximate surface area is 110 Å². The Hall–Kier alpha value is -1.29. The lowest BCUT2D eigenvalue weighted by molar-refractivity contribution is 0.391. The molecule has 0 aliphatic heterocycles. The van der Waals surface area contributed by atoms with Crippen LogP contribution in [0.4, 0.5) is 0 Å². The quantitative estimate of drug-likeness (QED) is 0.842. The van der Waals surface area contributed by atoms with Gasteiger partial charge in [0, 0.05) is 11.7 Å². The van der Waals surface area contributed by atoms with Crippen LogP contribution < -0.4 is 4.74 Å². The number of hydrogen-bond donors (Lipinski definition) is 0. The van der Waals surface area contributed by atoms with Crippen molar-refractivity contribution in [3.8, 4) is 11.8 Å². The van der Waals surface area contributed by atoms with Gasteiger partial charge < -0.3 is 4.74 Å². The highest BCUT2D eigenvalue weighted by Crippen LogP contribution is 2.30. The molecule has 0 bridgehead atoms. The summed E-state index contributed by atoms with van der Waals surface area (Å²) in [6.45, 7) is 6.25. The summed E-state index contributed by atoms with van der Waals surface area (Å²) in [6, 6.07) is 8.72. The Morgan fingerprint density at radius 2 is 2.00 bits per heavy atom. The predicted molar refractivity (Wildman–Crippen MR) is 71.6 cm³/mol. The highest BCUT2D eigenvalue weighted by atomic mass is 79.9. The maximum atomic E-state index is 5.83. The SMILES string of the molecule is Cc1cnc(Oc2ccccc2Br)n1C(C)C. The van der Waals surface area contributed by atoms with Crippen LogP contribution in [0.2, 0.25) is 0 Å². The van der Waals surface area contributed by atoms with Gasteiger partial charge in [0.05, 0.1) is 10.7 Å². The average molecular weight is 295 g/mol. The van der Waals surface area contributed by atoms with Gasteiger partial charge in [-0.05, 0) is 48.8 Å². The van der Waals surface area contributed by atoms with Gasteiger partial charge in [0.25, 0.3) is 0 Å². The van der Waals surface area contributed by atoms with Crippen molar-refractivity contribution in [3.63, 3.8) is 0 Å². The van der Waals surface area contributed by atoms with Crippen LogP contribution in [0.3, 0.4) is 0 Å². The smallest absolute Gasteiger partial charge is 0.302 e. The van der Waals surface area contributed by atoms with Crippen molar-refractivity contribution in [2.45, 2.75) is 26.8 Å². The van der Waals surface area contributed by atoms with Crippen LogP contribution in [0.25, 0.3) is 0 Å². The average Bonchev–Trinajstić information content (AvgIpc) is 2.63. The van der Waals surface area contributed by atoms with Gasteiger partial charge in [-0.25, -0.2) is 4.98 Å². The molecule has 1 aromatic carbocycles. The fraction of sp³-hybridized carbons (Fsp3) is 0.308. The van der Waals surface area contributed by atoms with Crippen molar-refractivity contribution in [2.75, 3.05) is 0 Å². The molecule has 0 atom stereocenters. The van der Waals surface area contributed by atoms with E-state index >= 15 is 0 Å². The Morgan fingerprint density at radius 1 is 1.29 bits per heavy atom. The number of rotatable bonds is 3. The lowest BCUT2D eigenvalue weighted by Crippen LogP contribution is -2.05. The first-order chi connectivity index (χ1) is 8.09. The van der Waals surface area contributed by atoms with Gasteiger partial charge >= 0.3 is 6.01 Å². The first-order valence-corrected chi connectivity index (χ1v) is 6.35. The molecule has 0 saturated carbocycles. The van der Waals surface area contributed by atoms with Gasteiger partial charge in [-0.1, -0.05) is 12.1 Å². The molecule has 0 aliphatic rings. The van der Waals surface area contributed by atoms with Gasteiger partial charge in [-0.2, -0.15) is 0 Å². The highest BCUT2D eigenvalue weighted by Gasteiger charge is 2.12. The molecule has 0 N–H and O–H groups in total. The lowest BCUT2D eigenvalue weighted by Gasteiger charge is -2.14. The van der Waals surface area contributed by atoms with E-state index in [1.807, 2.05) is 37.4 Å². The maximum Gasteiger partial charge on any atom is 0.302 e. The monoisotopic (exact) mass is 294 g/mol. The van der Waals surface area contributed by atoms with E-state index in [0.29, 0.717) is 12.1 Å². The van der Waals surface area contributed by atoms with E-state index in [1.165, 1.54) is 0 Å². The minimum atomic E-state index is 0.329. The van der Waals surface area contributed by atoms with E-state index in [2.05, 4.69) is 39.3 Å². The molecule has 0 radical (unpaired) electrons. The van der Waals surface area contributed by atoms with Crippen LogP contribution >= 0.6 is 15.9 Å². The fourth-order valence-electron chi connectivity index (χ4n) is 1.75. The van der Waals surface area contributed by atoms with Crippen LogP contribution in [-0.4, -0.2) is 9.55 Å². The summed E-state index contributed by atoms with van der Waals surface area (Å²) in [7, 11) is 0. The van der Waals surface area contributed by atoms with E-state index in [-0.39, 0.29) is 0 Å². The Kier molecular flexibility index (Phi) is 3.52. The lowest BCUT2D eigenvalue weighted by atomic mass is 10.3. The van der Waals surface area contributed by atoms with Crippen molar-refractivity contribution in [3.05, 3.63) is 40.6 Å². The van der Waals surface area contributed by atoms with Crippen LogP contribution in [-0.2, 0) is 0 Å². The molecule has 2 rings (SSSR count). The van der Waals surface area contributed by atoms with Gasteiger partial charge in [-0.3, -0.25) is 4.57 Å². The van der Waals surface area contributed by atoms with Gasteiger partial charge in [0.1, 0.15) is 5.75 Å². The molecule has 3 nitrogen and oxygen atoms in total. The molecule has 0 aliphatic carbocycles. The Bertz CT molecular complexity index is 520. The second-order valence-corrected chi connectivity index (χ2v) is 5.03. The zero-order valence-corrected chi connectivity index (χ0v) is 11.7. The van der Waals surface area contributed by atoms with E-state index in [9.17, 15) is 0 Å². The molecule has 0 saturated heterocycles. The third-order valence-electron chi connectivity index (χ3n) is 2.50. The van der Waals surface area contributed by atoms with E-state index in [4.69, 9.17) is 4.74 Å². The second kappa shape index (κ2) is 4.92. The number of ether oxygens (including phenoxy) is 1. The summed E-state index contributed by atoms with van der Waals surface area (Å²) in [6.07, 6.45) is 1.83. The molecule has 2 aromatic rings. The second-order valence-electron chi connectivity index (χ2n) is 4.18. The predicted octanol–water partition coefficient (Wildman–Crippen LogP) is 4.33. The summed E-state index contributed by atoms with van der Waals surface area (Å²) < 4.78 is 8.82. The number of nitrogens with zero attached hydrogens (tertiary/aromatic N) is 2. The molecule has 1 heterocycles. The molecule has 90 valence electrons. The minimum Gasteiger partial charge on any atom is -0.424 e. The first kappa shape index (κ1) is 12.2. The number of para-hydroxylation sites is 1. The van der Waals surface area contributed by atoms with E-state index in [0.717, 1.165) is 15.9 Å². The van der Waals surface area contributed by atoms with Crippen molar-refractivity contribution in [1.29, 1.82) is 0 Å². The number of halogens is 1. The fourth-order valence-corrected chi connectivity index (χ4v) is 2.12. The van der Waals surface area contributed by atoms with Gasteiger partial charge in [-0.15, -0.1) is 0 Å². The van der Waals surface area contributed by atoms with Crippen LogP contribution in [0, 0.1) is 6.92 Å². The van der Waals surface area contributed by atoms with Crippen molar-refractivity contribution < 1.29 is 4.74 Å². The van der Waals surface area contributed by atoms with E-state index < -0.39 is 0 Å². The molecule has 4 heteroatoms.